The van der Waals surface area contributed by atoms with E-state index in [2.05, 4.69) is 32.7 Å². The average molecular weight is 207 g/mol. The third-order valence-corrected chi connectivity index (χ3v) is 4.89. The van der Waals surface area contributed by atoms with Crippen molar-refractivity contribution in [2.75, 3.05) is 20.1 Å². The summed E-state index contributed by atoms with van der Waals surface area (Å²) in [5.41, 5.74) is 4.11. The zero-order chi connectivity index (χ0) is 11.1. The van der Waals surface area contributed by atoms with Gasteiger partial charge in [0.15, 0.2) is 0 Å². The van der Waals surface area contributed by atoms with Crippen molar-refractivity contribution in [1.29, 1.82) is 0 Å². The Balaban J connectivity index is 2.21. The van der Waals surface area contributed by atoms with Crippen molar-refractivity contribution in [2.24, 2.45) is 11.3 Å². The highest BCUT2D eigenvalue weighted by Gasteiger charge is 2.42. The molecule has 0 aromatic rings. The lowest BCUT2D eigenvalue weighted by molar-refractivity contribution is 0.147. The molecular weight excluding hydrogens is 182 g/mol. The minimum absolute atomic E-state index is 0.595. The fraction of sp³-hybridized carbons (Fsp3) is 0.857. The SMILES string of the molecule is CCC1=C(C)C2(CCN(C)CC2)CC1C. The molecule has 1 fully saturated rings. The van der Waals surface area contributed by atoms with Crippen LogP contribution in [0.15, 0.2) is 11.1 Å². The minimum atomic E-state index is 0.595. The Bertz CT molecular complexity index is 269. The van der Waals surface area contributed by atoms with Crippen molar-refractivity contribution in [2.45, 2.75) is 46.5 Å². The van der Waals surface area contributed by atoms with Crippen LogP contribution in [0.3, 0.4) is 0 Å². The van der Waals surface area contributed by atoms with Gasteiger partial charge in [0.1, 0.15) is 0 Å². The van der Waals surface area contributed by atoms with Crippen molar-refractivity contribution >= 4 is 0 Å². The molecule has 1 heterocycles. The first kappa shape index (κ1) is 11.2. The van der Waals surface area contributed by atoms with Crippen LogP contribution in [0.4, 0.5) is 0 Å². The molecule has 2 aliphatic rings. The lowest BCUT2D eigenvalue weighted by Gasteiger charge is -2.39. The van der Waals surface area contributed by atoms with Crippen LogP contribution in [-0.2, 0) is 0 Å². The van der Waals surface area contributed by atoms with Crippen molar-refractivity contribution < 1.29 is 0 Å². The lowest BCUT2D eigenvalue weighted by Crippen LogP contribution is -2.37. The summed E-state index contributed by atoms with van der Waals surface area (Å²) in [5, 5.41) is 0. The zero-order valence-corrected chi connectivity index (χ0v) is 10.8. The third kappa shape index (κ3) is 1.75. The standard InChI is InChI=1S/C14H25N/c1-5-13-11(2)10-14(12(13)3)6-8-15(4)9-7-14/h11H,5-10H2,1-4H3. The van der Waals surface area contributed by atoms with Gasteiger partial charge in [0, 0.05) is 0 Å². The topological polar surface area (TPSA) is 3.24 Å². The number of allylic oxidation sites excluding steroid dienone is 2. The maximum absolute atomic E-state index is 2.48. The highest BCUT2D eigenvalue weighted by Crippen LogP contribution is 2.52. The van der Waals surface area contributed by atoms with Crippen molar-refractivity contribution in [3.63, 3.8) is 0 Å². The number of hydrogen-bond acceptors (Lipinski definition) is 1. The average Bonchev–Trinajstić information content (AvgIpc) is 2.44. The van der Waals surface area contributed by atoms with E-state index in [0.717, 1.165) is 5.92 Å². The molecule has 0 amide bonds. The van der Waals surface area contributed by atoms with E-state index in [1.165, 1.54) is 38.8 Å². The molecule has 1 atom stereocenters. The fourth-order valence-electron chi connectivity index (χ4n) is 3.81. The molecule has 1 unspecified atom stereocenters. The second-order valence-corrected chi connectivity index (χ2v) is 5.69. The van der Waals surface area contributed by atoms with Gasteiger partial charge in [-0.25, -0.2) is 0 Å². The summed E-state index contributed by atoms with van der Waals surface area (Å²) in [6, 6.07) is 0. The summed E-state index contributed by atoms with van der Waals surface area (Å²) in [5.74, 6) is 0.846. The van der Waals surface area contributed by atoms with Gasteiger partial charge in [-0.15, -0.1) is 0 Å². The quantitative estimate of drug-likeness (QED) is 0.595. The van der Waals surface area contributed by atoms with E-state index >= 15 is 0 Å². The molecule has 0 aromatic heterocycles. The molecule has 86 valence electrons. The summed E-state index contributed by atoms with van der Waals surface area (Å²) in [6.45, 7) is 9.74. The van der Waals surface area contributed by atoms with Crippen LogP contribution in [-0.4, -0.2) is 25.0 Å². The van der Waals surface area contributed by atoms with Gasteiger partial charge >= 0.3 is 0 Å². The number of piperidine rings is 1. The summed E-state index contributed by atoms with van der Waals surface area (Å²) < 4.78 is 0. The molecule has 2 rings (SSSR count). The Morgan fingerprint density at radius 3 is 2.40 bits per heavy atom. The zero-order valence-electron chi connectivity index (χ0n) is 10.8. The smallest absolute Gasteiger partial charge is 0.00134 e. The van der Waals surface area contributed by atoms with E-state index in [0.29, 0.717) is 5.41 Å². The van der Waals surface area contributed by atoms with E-state index < -0.39 is 0 Å². The van der Waals surface area contributed by atoms with Crippen LogP contribution in [0.1, 0.15) is 46.5 Å². The van der Waals surface area contributed by atoms with Gasteiger partial charge in [0.25, 0.3) is 0 Å². The summed E-state index contributed by atoms with van der Waals surface area (Å²) in [7, 11) is 2.25. The maximum atomic E-state index is 2.48. The molecular formula is C14H25N. The molecule has 1 heteroatoms. The third-order valence-electron chi connectivity index (χ3n) is 4.89. The second kappa shape index (κ2) is 3.93. The van der Waals surface area contributed by atoms with E-state index in [1.54, 1.807) is 11.1 Å². The second-order valence-electron chi connectivity index (χ2n) is 5.69. The van der Waals surface area contributed by atoms with Crippen molar-refractivity contribution in [1.82, 2.24) is 4.90 Å². The van der Waals surface area contributed by atoms with Crippen LogP contribution < -0.4 is 0 Å². The molecule has 15 heavy (non-hydrogen) atoms. The van der Waals surface area contributed by atoms with Crippen LogP contribution in [0.5, 0.6) is 0 Å². The van der Waals surface area contributed by atoms with Crippen LogP contribution in [0.2, 0.25) is 0 Å². The molecule has 1 aliphatic carbocycles. The van der Waals surface area contributed by atoms with E-state index in [9.17, 15) is 0 Å². The number of nitrogens with zero attached hydrogens (tertiary/aromatic N) is 1. The Kier molecular flexibility index (Phi) is 2.94. The highest BCUT2D eigenvalue weighted by molar-refractivity contribution is 5.29. The lowest BCUT2D eigenvalue weighted by atomic mass is 9.73. The normalized spacial score (nSPS) is 31.6. The van der Waals surface area contributed by atoms with Gasteiger partial charge in [-0.2, -0.15) is 0 Å². The first-order valence-electron chi connectivity index (χ1n) is 6.48. The monoisotopic (exact) mass is 207 g/mol. The van der Waals surface area contributed by atoms with Gasteiger partial charge in [0.2, 0.25) is 0 Å². The van der Waals surface area contributed by atoms with Gasteiger partial charge in [0.05, 0.1) is 0 Å². The first-order valence-corrected chi connectivity index (χ1v) is 6.48. The fourth-order valence-corrected chi connectivity index (χ4v) is 3.81. The summed E-state index contributed by atoms with van der Waals surface area (Å²) >= 11 is 0. The predicted molar refractivity (Wildman–Crippen MR) is 65.9 cm³/mol. The largest absolute Gasteiger partial charge is 0.306 e. The van der Waals surface area contributed by atoms with E-state index in [1.807, 2.05) is 0 Å². The number of rotatable bonds is 1. The molecule has 0 bridgehead atoms. The predicted octanol–water partition coefficient (Wildman–Crippen LogP) is 3.46. The van der Waals surface area contributed by atoms with Crippen molar-refractivity contribution in [3.8, 4) is 0 Å². The maximum Gasteiger partial charge on any atom is -0.00134 e. The first-order chi connectivity index (χ1) is 7.09. The van der Waals surface area contributed by atoms with Crippen LogP contribution in [0.25, 0.3) is 0 Å². The van der Waals surface area contributed by atoms with Gasteiger partial charge < -0.3 is 4.90 Å². The van der Waals surface area contributed by atoms with Gasteiger partial charge in [-0.05, 0) is 64.1 Å². The van der Waals surface area contributed by atoms with E-state index in [-0.39, 0.29) is 0 Å². The van der Waals surface area contributed by atoms with E-state index in [4.69, 9.17) is 0 Å². The Hall–Kier alpha value is -0.300. The summed E-state index contributed by atoms with van der Waals surface area (Å²) in [4.78, 5) is 2.48. The summed E-state index contributed by atoms with van der Waals surface area (Å²) in [6.07, 6.45) is 5.48. The molecule has 0 N–H and O–H groups in total. The molecule has 1 aliphatic heterocycles. The molecule has 0 aromatic carbocycles. The number of likely N-dealkylation sites (tertiary alicyclic amines) is 1. The molecule has 1 nitrogen and oxygen atoms in total. The Morgan fingerprint density at radius 2 is 1.93 bits per heavy atom. The molecule has 1 spiro atoms. The highest BCUT2D eigenvalue weighted by atomic mass is 15.1. The number of hydrogen-bond donors (Lipinski definition) is 0. The molecule has 0 saturated carbocycles. The van der Waals surface area contributed by atoms with Crippen LogP contribution in [0, 0.1) is 11.3 Å². The van der Waals surface area contributed by atoms with Gasteiger partial charge in [-0.1, -0.05) is 25.0 Å². The molecule has 0 radical (unpaired) electrons. The van der Waals surface area contributed by atoms with Gasteiger partial charge in [-0.3, -0.25) is 0 Å². The Labute approximate surface area is 94.5 Å². The Morgan fingerprint density at radius 1 is 1.33 bits per heavy atom. The van der Waals surface area contributed by atoms with Crippen molar-refractivity contribution in [3.05, 3.63) is 11.1 Å². The van der Waals surface area contributed by atoms with Crippen LogP contribution >= 0.6 is 0 Å². The minimum Gasteiger partial charge on any atom is -0.306 e. The molecule has 1 saturated heterocycles.